The van der Waals surface area contributed by atoms with Crippen molar-refractivity contribution in [2.75, 3.05) is 25.5 Å². The molecular formula is C16H20N4OS. The number of likely N-dealkylation sites (N-methyl/N-ethyl adjacent to an activating group) is 1. The second-order valence-electron chi connectivity index (χ2n) is 5.69. The zero-order valence-corrected chi connectivity index (χ0v) is 13.6. The van der Waals surface area contributed by atoms with Gasteiger partial charge in [-0.25, -0.2) is 0 Å². The van der Waals surface area contributed by atoms with Crippen LogP contribution in [0.1, 0.15) is 23.4 Å². The molecule has 1 aromatic carbocycles. The van der Waals surface area contributed by atoms with Crippen LogP contribution in [0.4, 0.5) is 5.13 Å². The first kappa shape index (κ1) is 15.1. The van der Waals surface area contributed by atoms with Crippen molar-refractivity contribution in [3.8, 4) is 0 Å². The Bertz CT molecular complexity index is 643. The average molecular weight is 316 g/mol. The van der Waals surface area contributed by atoms with Crippen LogP contribution in [0.15, 0.2) is 30.3 Å². The summed E-state index contributed by atoms with van der Waals surface area (Å²) in [6, 6.07) is 10.3. The van der Waals surface area contributed by atoms with Gasteiger partial charge in [-0.3, -0.25) is 4.79 Å². The van der Waals surface area contributed by atoms with Crippen molar-refractivity contribution in [1.29, 1.82) is 0 Å². The first-order chi connectivity index (χ1) is 10.7. The van der Waals surface area contributed by atoms with E-state index in [0.29, 0.717) is 5.13 Å². The molecule has 0 spiro atoms. The van der Waals surface area contributed by atoms with Gasteiger partial charge >= 0.3 is 0 Å². The van der Waals surface area contributed by atoms with Gasteiger partial charge in [0, 0.05) is 19.0 Å². The van der Waals surface area contributed by atoms with Crippen molar-refractivity contribution in [1.82, 2.24) is 15.1 Å². The predicted octanol–water partition coefficient (Wildman–Crippen LogP) is 2.38. The number of nitrogens with zero attached hydrogens (tertiary/aromatic N) is 3. The molecule has 0 aliphatic carbocycles. The number of hydrogen-bond acceptors (Lipinski definition) is 5. The van der Waals surface area contributed by atoms with Gasteiger partial charge in [0.1, 0.15) is 5.01 Å². The molecule has 0 radical (unpaired) electrons. The van der Waals surface area contributed by atoms with Crippen LogP contribution in [0, 0.1) is 5.92 Å². The zero-order chi connectivity index (χ0) is 15.5. The van der Waals surface area contributed by atoms with Gasteiger partial charge in [-0.1, -0.05) is 48.6 Å². The van der Waals surface area contributed by atoms with Crippen LogP contribution in [0.3, 0.4) is 0 Å². The number of amides is 1. The molecule has 22 heavy (non-hydrogen) atoms. The Morgan fingerprint density at radius 1 is 1.32 bits per heavy atom. The van der Waals surface area contributed by atoms with E-state index in [2.05, 4.69) is 39.6 Å². The van der Waals surface area contributed by atoms with Gasteiger partial charge in [-0.15, -0.1) is 10.2 Å². The molecule has 3 rings (SSSR count). The smallest absolute Gasteiger partial charge is 0.231 e. The van der Waals surface area contributed by atoms with Crippen LogP contribution < -0.4 is 5.32 Å². The molecule has 2 heterocycles. The van der Waals surface area contributed by atoms with Gasteiger partial charge in [0.2, 0.25) is 11.0 Å². The van der Waals surface area contributed by atoms with Gasteiger partial charge in [0.05, 0.1) is 5.92 Å². The van der Waals surface area contributed by atoms with Gasteiger partial charge in [0.25, 0.3) is 0 Å². The Hall–Kier alpha value is -1.79. The number of carbonyl (C=O) groups is 1. The van der Waals surface area contributed by atoms with Crippen LogP contribution in [-0.2, 0) is 11.2 Å². The fourth-order valence-corrected chi connectivity index (χ4v) is 3.63. The SMILES string of the molecule is CCc1nnc(NC(=O)C2CN(C)CC2c2ccccc2)s1. The highest BCUT2D eigenvalue weighted by Gasteiger charge is 2.37. The lowest BCUT2D eigenvalue weighted by Crippen LogP contribution is -2.28. The van der Waals surface area contributed by atoms with Gasteiger partial charge in [-0.2, -0.15) is 0 Å². The molecule has 6 heteroatoms. The van der Waals surface area contributed by atoms with E-state index < -0.39 is 0 Å². The van der Waals surface area contributed by atoms with Crippen molar-refractivity contribution in [3.05, 3.63) is 40.9 Å². The number of nitrogens with one attached hydrogen (secondary N) is 1. The molecule has 1 aliphatic heterocycles. The van der Waals surface area contributed by atoms with E-state index in [1.54, 1.807) is 0 Å². The maximum absolute atomic E-state index is 12.6. The molecule has 1 amide bonds. The number of benzene rings is 1. The minimum absolute atomic E-state index is 0.0389. The van der Waals surface area contributed by atoms with Gasteiger partial charge < -0.3 is 10.2 Å². The van der Waals surface area contributed by atoms with Crippen LogP contribution in [0.5, 0.6) is 0 Å². The molecule has 116 valence electrons. The highest BCUT2D eigenvalue weighted by atomic mass is 32.1. The molecule has 0 saturated carbocycles. The van der Waals surface area contributed by atoms with Crippen LogP contribution in [0.2, 0.25) is 0 Å². The summed E-state index contributed by atoms with van der Waals surface area (Å²) >= 11 is 1.45. The van der Waals surface area contributed by atoms with Crippen LogP contribution >= 0.6 is 11.3 Å². The number of likely N-dealkylation sites (tertiary alicyclic amines) is 1. The topological polar surface area (TPSA) is 58.1 Å². The summed E-state index contributed by atoms with van der Waals surface area (Å²) in [4.78, 5) is 14.9. The van der Waals surface area contributed by atoms with E-state index in [-0.39, 0.29) is 17.7 Å². The van der Waals surface area contributed by atoms with Crippen molar-refractivity contribution in [2.45, 2.75) is 19.3 Å². The zero-order valence-electron chi connectivity index (χ0n) is 12.8. The average Bonchev–Trinajstić information content (AvgIpc) is 3.14. The molecule has 2 unspecified atom stereocenters. The highest BCUT2D eigenvalue weighted by Crippen LogP contribution is 2.33. The Kier molecular flexibility index (Phi) is 4.49. The maximum Gasteiger partial charge on any atom is 0.231 e. The maximum atomic E-state index is 12.6. The minimum atomic E-state index is -0.0543. The summed E-state index contributed by atoms with van der Waals surface area (Å²) in [5, 5.41) is 12.6. The molecule has 2 aromatic rings. The van der Waals surface area contributed by atoms with E-state index in [1.165, 1.54) is 16.9 Å². The number of aromatic nitrogens is 2. The summed E-state index contributed by atoms with van der Waals surface area (Å²) in [5.41, 5.74) is 1.22. The molecular weight excluding hydrogens is 296 g/mol. The molecule has 1 aromatic heterocycles. The molecule has 1 N–H and O–H groups in total. The fraction of sp³-hybridized carbons (Fsp3) is 0.438. The lowest BCUT2D eigenvalue weighted by molar-refractivity contribution is -0.119. The van der Waals surface area contributed by atoms with Gasteiger partial charge in [0.15, 0.2) is 0 Å². The lowest BCUT2D eigenvalue weighted by atomic mass is 9.88. The first-order valence-corrected chi connectivity index (χ1v) is 8.35. The second kappa shape index (κ2) is 6.54. The summed E-state index contributed by atoms with van der Waals surface area (Å²) in [7, 11) is 2.06. The minimum Gasteiger partial charge on any atom is -0.305 e. The fourth-order valence-electron chi connectivity index (χ4n) is 2.95. The molecule has 1 saturated heterocycles. The molecule has 1 fully saturated rings. The lowest BCUT2D eigenvalue weighted by Gasteiger charge is -2.17. The Labute approximate surface area is 134 Å². The Morgan fingerprint density at radius 3 is 2.77 bits per heavy atom. The normalized spacial score (nSPS) is 21.9. The first-order valence-electron chi connectivity index (χ1n) is 7.54. The molecule has 2 atom stereocenters. The summed E-state index contributed by atoms with van der Waals surface area (Å²) in [6.07, 6.45) is 0.840. The molecule has 0 bridgehead atoms. The number of rotatable bonds is 4. The van der Waals surface area contributed by atoms with Crippen LogP contribution in [0.25, 0.3) is 0 Å². The summed E-state index contributed by atoms with van der Waals surface area (Å²) in [5.74, 6) is 0.211. The van der Waals surface area contributed by atoms with Crippen molar-refractivity contribution in [2.24, 2.45) is 5.92 Å². The molecule has 1 aliphatic rings. The molecule has 5 nitrogen and oxygen atoms in total. The Morgan fingerprint density at radius 2 is 2.09 bits per heavy atom. The third-order valence-corrected chi connectivity index (χ3v) is 5.05. The third kappa shape index (κ3) is 3.18. The van der Waals surface area contributed by atoms with E-state index in [1.807, 2.05) is 25.1 Å². The summed E-state index contributed by atoms with van der Waals surface area (Å²) in [6.45, 7) is 3.70. The number of anilines is 1. The van der Waals surface area contributed by atoms with Crippen molar-refractivity contribution < 1.29 is 4.79 Å². The van der Waals surface area contributed by atoms with Crippen molar-refractivity contribution >= 4 is 22.4 Å². The van der Waals surface area contributed by atoms with E-state index >= 15 is 0 Å². The summed E-state index contributed by atoms with van der Waals surface area (Å²) < 4.78 is 0. The predicted molar refractivity (Wildman–Crippen MR) is 88.1 cm³/mol. The van der Waals surface area contributed by atoms with E-state index in [0.717, 1.165) is 24.5 Å². The number of carbonyl (C=O) groups excluding carboxylic acids is 1. The third-order valence-electron chi connectivity index (χ3n) is 4.07. The van der Waals surface area contributed by atoms with Gasteiger partial charge in [-0.05, 0) is 19.0 Å². The van der Waals surface area contributed by atoms with E-state index in [9.17, 15) is 4.79 Å². The van der Waals surface area contributed by atoms with Crippen molar-refractivity contribution in [3.63, 3.8) is 0 Å². The monoisotopic (exact) mass is 316 g/mol. The second-order valence-corrected chi connectivity index (χ2v) is 6.75. The quantitative estimate of drug-likeness (QED) is 0.941. The highest BCUT2D eigenvalue weighted by molar-refractivity contribution is 7.15. The standard InChI is InChI=1S/C16H20N4OS/c1-3-14-18-19-16(22-14)17-15(21)13-10-20(2)9-12(13)11-7-5-4-6-8-11/h4-8,12-13H,3,9-10H2,1-2H3,(H,17,19,21). The largest absolute Gasteiger partial charge is 0.305 e. The Balaban J connectivity index is 1.75. The van der Waals surface area contributed by atoms with Crippen LogP contribution in [-0.4, -0.2) is 41.1 Å². The number of hydrogen-bond donors (Lipinski definition) is 1. The van der Waals surface area contributed by atoms with E-state index in [4.69, 9.17) is 0 Å². The number of aryl methyl sites for hydroxylation is 1.